The zero-order chi connectivity index (χ0) is 7.98. The van der Waals surface area contributed by atoms with Crippen LogP contribution in [0, 0.1) is 6.10 Å². The molecule has 0 saturated heterocycles. The third-order valence-corrected chi connectivity index (χ3v) is 1.56. The predicted octanol–water partition coefficient (Wildman–Crippen LogP) is 1.85. The van der Waals surface area contributed by atoms with E-state index in [1.54, 1.807) is 0 Å². The van der Waals surface area contributed by atoms with Gasteiger partial charge in [-0.05, 0) is 13.3 Å². The fourth-order valence-electron chi connectivity index (χ4n) is 0.797. The van der Waals surface area contributed by atoms with Gasteiger partial charge in [-0.3, -0.25) is 0 Å². The Balaban J connectivity index is 3.13. The van der Waals surface area contributed by atoms with Crippen molar-refractivity contribution in [1.29, 1.82) is 0 Å². The van der Waals surface area contributed by atoms with E-state index >= 15 is 0 Å². The van der Waals surface area contributed by atoms with Crippen LogP contribution in [0.1, 0.15) is 39.5 Å². The molecular formula is C8H17O2. The molecule has 0 spiro atoms. The summed E-state index contributed by atoms with van der Waals surface area (Å²) in [5.74, 6) is 0. The molecule has 0 aromatic rings. The molecule has 0 heterocycles. The summed E-state index contributed by atoms with van der Waals surface area (Å²) in [7, 11) is 0. The zero-order valence-corrected chi connectivity index (χ0v) is 6.80. The molecule has 1 unspecified atom stereocenters. The van der Waals surface area contributed by atoms with Crippen molar-refractivity contribution < 1.29 is 10.2 Å². The molecule has 2 nitrogen and oxygen atoms in total. The van der Waals surface area contributed by atoms with Gasteiger partial charge in [0.1, 0.15) is 6.10 Å². The summed E-state index contributed by atoms with van der Waals surface area (Å²) in [6.45, 7) is 3.65. The fourth-order valence-corrected chi connectivity index (χ4v) is 0.797. The van der Waals surface area contributed by atoms with Crippen LogP contribution in [-0.2, 0) is 0 Å². The third-order valence-electron chi connectivity index (χ3n) is 1.56. The van der Waals surface area contributed by atoms with Crippen LogP contribution in [-0.4, -0.2) is 16.3 Å². The first-order chi connectivity index (χ1) is 4.68. The average molecular weight is 145 g/mol. The first-order valence-corrected chi connectivity index (χ1v) is 3.89. The zero-order valence-electron chi connectivity index (χ0n) is 6.80. The summed E-state index contributed by atoms with van der Waals surface area (Å²) in [5.41, 5.74) is 0. The summed E-state index contributed by atoms with van der Waals surface area (Å²) >= 11 is 0. The van der Waals surface area contributed by atoms with Gasteiger partial charge in [-0.15, -0.1) is 0 Å². The van der Waals surface area contributed by atoms with Gasteiger partial charge in [0.15, 0.2) is 0 Å². The van der Waals surface area contributed by atoms with Gasteiger partial charge < -0.3 is 10.2 Å². The Kier molecular flexibility index (Phi) is 5.64. The first kappa shape index (κ1) is 9.92. The topological polar surface area (TPSA) is 40.5 Å². The number of aliphatic hydroxyl groups is 2. The molecule has 0 aliphatic carbocycles. The number of hydrogen-bond acceptors (Lipinski definition) is 2. The van der Waals surface area contributed by atoms with Gasteiger partial charge in [-0.25, -0.2) is 0 Å². The van der Waals surface area contributed by atoms with Crippen molar-refractivity contribution in [3.05, 3.63) is 6.10 Å². The van der Waals surface area contributed by atoms with E-state index in [4.69, 9.17) is 10.2 Å². The van der Waals surface area contributed by atoms with E-state index in [0.717, 1.165) is 19.3 Å². The van der Waals surface area contributed by atoms with Crippen molar-refractivity contribution >= 4 is 0 Å². The summed E-state index contributed by atoms with van der Waals surface area (Å²) in [6, 6.07) is 0. The second-order valence-corrected chi connectivity index (χ2v) is 2.65. The van der Waals surface area contributed by atoms with Gasteiger partial charge in [-0.2, -0.15) is 0 Å². The smallest absolute Gasteiger partial charge is 0.118 e. The van der Waals surface area contributed by atoms with Crippen molar-refractivity contribution in [1.82, 2.24) is 0 Å². The Morgan fingerprint density at radius 2 is 2.00 bits per heavy atom. The highest BCUT2D eigenvalue weighted by Gasteiger charge is 2.10. The molecular weight excluding hydrogens is 128 g/mol. The van der Waals surface area contributed by atoms with Crippen LogP contribution in [0.4, 0.5) is 0 Å². The average Bonchev–Trinajstić information content (AvgIpc) is 1.88. The highest BCUT2D eigenvalue weighted by Crippen LogP contribution is 2.09. The van der Waals surface area contributed by atoms with Crippen molar-refractivity contribution in [3.8, 4) is 0 Å². The number of unbranched alkanes of at least 4 members (excludes halogenated alkanes) is 2. The lowest BCUT2D eigenvalue weighted by molar-refractivity contribution is 0.0948. The van der Waals surface area contributed by atoms with Crippen LogP contribution >= 0.6 is 0 Å². The number of aliphatic hydroxyl groups excluding tert-OH is 2. The molecule has 0 rings (SSSR count). The molecule has 0 aliphatic heterocycles. The van der Waals surface area contributed by atoms with Crippen LogP contribution in [0.25, 0.3) is 0 Å². The molecule has 61 valence electrons. The largest absolute Gasteiger partial charge is 0.390 e. The molecule has 0 amide bonds. The maximum atomic E-state index is 9.07. The van der Waals surface area contributed by atoms with E-state index in [1.807, 2.05) is 0 Å². The molecule has 0 saturated carbocycles. The summed E-state index contributed by atoms with van der Waals surface area (Å²) in [5, 5.41) is 17.9. The van der Waals surface area contributed by atoms with Gasteiger partial charge in [0.2, 0.25) is 0 Å². The van der Waals surface area contributed by atoms with Crippen LogP contribution < -0.4 is 0 Å². The standard InChI is InChI=1S/C8H17O2/c1-3-4-5-6-8(10)7(2)9/h8-10H,3-6H2,1-2H3. The molecule has 0 aromatic heterocycles. The van der Waals surface area contributed by atoms with Gasteiger partial charge in [-0.1, -0.05) is 26.2 Å². The second-order valence-electron chi connectivity index (χ2n) is 2.65. The van der Waals surface area contributed by atoms with Gasteiger partial charge >= 0.3 is 0 Å². The molecule has 2 N–H and O–H groups in total. The molecule has 0 bridgehead atoms. The van der Waals surface area contributed by atoms with E-state index in [-0.39, 0.29) is 6.10 Å². The number of hydrogen-bond donors (Lipinski definition) is 2. The minimum atomic E-state index is -0.605. The van der Waals surface area contributed by atoms with Crippen LogP contribution in [0.3, 0.4) is 0 Å². The molecule has 0 fully saturated rings. The minimum Gasteiger partial charge on any atom is -0.390 e. The molecule has 1 radical (unpaired) electrons. The molecule has 2 heteroatoms. The monoisotopic (exact) mass is 145 g/mol. The Hall–Kier alpha value is -0.0800. The Morgan fingerprint density at radius 1 is 1.40 bits per heavy atom. The van der Waals surface area contributed by atoms with E-state index in [2.05, 4.69) is 6.92 Å². The Bertz CT molecular complexity index is 71.7. The third kappa shape index (κ3) is 4.77. The van der Waals surface area contributed by atoms with Gasteiger partial charge in [0, 0.05) is 0 Å². The SMILES string of the molecule is CCCCCC(O)[C](C)O. The normalized spacial score (nSPS) is 14.1. The predicted molar refractivity (Wildman–Crippen MR) is 41.0 cm³/mol. The maximum Gasteiger partial charge on any atom is 0.118 e. The van der Waals surface area contributed by atoms with Gasteiger partial charge in [0.25, 0.3) is 0 Å². The molecule has 0 aliphatic rings. The minimum absolute atomic E-state index is 0.135. The van der Waals surface area contributed by atoms with E-state index in [0.29, 0.717) is 6.42 Å². The summed E-state index contributed by atoms with van der Waals surface area (Å²) in [6.07, 6.45) is 3.50. The van der Waals surface area contributed by atoms with Crippen LogP contribution in [0.2, 0.25) is 0 Å². The van der Waals surface area contributed by atoms with E-state index in [1.165, 1.54) is 6.92 Å². The summed E-state index contributed by atoms with van der Waals surface area (Å²) in [4.78, 5) is 0. The number of rotatable bonds is 5. The molecule has 0 aromatic carbocycles. The second kappa shape index (κ2) is 5.69. The fraction of sp³-hybridized carbons (Fsp3) is 0.875. The van der Waals surface area contributed by atoms with Crippen molar-refractivity contribution in [2.75, 3.05) is 0 Å². The maximum absolute atomic E-state index is 9.07. The van der Waals surface area contributed by atoms with E-state index in [9.17, 15) is 0 Å². The van der Waals surface area contributed by atoms with Crippen LogP contribution in [0.5, 0.6) is 0 Å². The van der Waals surface area contributed by atoms with Gasteiger partial charge in [0.05, 0.1) is 6.10 Å². The summed E-state index contributed by atoms with van der Waals surface area (Å²) < 4.78 is 0. The Morgan fingerprint density at radius 3 is 2.40 bits per heavy atom. The lowest BCUT2D eigenvalue weighted by atomic mass is 10.1. The van der Waals surface area contributed by atoms with Crippen molar-refractivity contribution in [2.45, 2.75) is 45.6 Å². The lowest BCUT2D eigenvalue weighted by Crippen LogP contribution is -2.14. The van der Waals surface area contributed by atoms with Crippen LogP contribution in [0.15, 0.2) is 0 Å². The first-order valence-electron chi connectivity index (χ1n) is 3.89. The Labute approximate surface area is 62.9 Å². The van der Waals surface area contributed by atoms with Crippen molar-refractivity contribution in [3.63, 3.8) is 0 Å². The van der Waals surface area contributed by atoms with Crippen molar-refractivity contribution in [2.24, 2.45) is 0 Å². The highest BCUT2D eigenvalue weighted by atomic mass is 16.3. The highest BCUT2D eigenvalue weighted by molar-refractivity contribution is 4.78. The molecule has 1 atom stereocenters. The molecule has 10 heavy (non-hydrogen) atoms. The quantitative estimate of drug-likeness (QED) is 0.579. The lowest BCUT2D eigenvalue weighted by Gasteiger charge is -2.10. The van der Waals surface area contributed by atoms with E-state index < -0.39 is 6.10 Å².